The molecule has 0 saturated carbocycles. The third-order valence-corrected chi connectivity index (χ3v) is 5.49. The summed E-state index contributed by atoms with van der Waals surface area (Å²) in [5.41, 5.74) is 2.33. The molecule has 4 nitrogen and oxygen atoms in total. The lowest BCUT2D eigenvalue weighted by molar-refractivity contribution is 0.415. The van der Waals surface area contributed by atoms with Crippen LogP contribution in [0.15, 0.2) is 71.9 Å². The highest BCUT2D eigenvalue weighted by molar-refractivity contribution is 7.98. The standard InChI is InChI=1S/C21H19N3OS/c1-24-20(16-10-12-18(25-2)13-11-16)22-23-21(24)26-14-17-8-5-7-15-6-3-4-9-19(15)17/h3-13H,14H2,1-2H3. The van der Waals surface area contributed by atoms with Crippen LogP contribution in [-0.2, 0) is 12.8 Å². The maximum Gasteiger partial charge on any atom is 0.191 e. The van der Waals surface area contributed by atoms with Gasteiger partial charge in [0.25, 0.3) is 0 Å². The van der Waals surface area contributed by atoms with Crippen LogP contribution in [0.2, 0.25) is 0 Å². The second kappa shape index (κ2) is 7.22. The predicted molar refractivity (Wildman–Crippen MR) is 107 cm³/mol. The lowest BCUT2D eigenvalue weighted by Crippen LogP contribution is -1.95. The highest BCUT2D eigenvalue weighted by atomic mass is 32.2. The van der Waals surface area contributed by atoms with Gasteiger partial charge in [0.15, 0.2) is 11.0 Å². The van der Waals surface area contributed by atoms with Crippen LogP contribution in [0, 0.1) is 0 Å². The zero-order chi connectivity index (χ0) is 17.9. The summed E-state index contributed by atoms with van der Waals surface area (Å²) in [7, 11) is 3.67. The van der Waals surface area contributed by atoms with E-state index >= 15 is 0 Å². The number of hydrogen-bond donors (Lipinski definition) is 0. The fourth-order valence-electron chi connectivity index (χ4n) is 2.99. The summed E-state index contributed by atoms with van der Waals surface area (Å²) in [6, 6.07) is 22.8. The van der Waals surface area contributed by atoms with E-state index in [1.807, 2.05) is 35.9 Å². The monoisotopic (exact) mass is 361 g/mol. The summed E-state index contributed by atoms with van der Waals surface area (Å²) in [5.74, 6) is 2.55. The predicted octanol–water partition coefficient (Wildman–Crippen LogP) is 4.94. The normalized spacial score (nSPS) is 11.0. The van der Waals surface area contributed by atoms with E-state index in [4.69, 9.17) is 4.74 Å². The van der Waals surface area contributed by atoms with E-state index in [2.05, 4.69) is 52.7 Å². The van der Waals surface area contributed by atoms with Crippen LogP contribution in [0.3, 0.4) is 0 Å². The van der Waals surface area contributed by atoms with E-state index in [1.54, 1.807) is 18.9 Å². The number of ether oxygens (including phenoxy) is 1. The molecule has 4 aromatic rings. The van der Waals surface area contributed by atoms with E-state index in [-0.39, 0.29) is 0 Å². The van der Waals surface area contributed by atoms with Gasteiger partial charge >= 0.3 is 0 Å². The van der Waals surface area contributed by atoms with Crippen LogP contribution in [0.4, 0.5) is 0 Å². The molecule has 1 aromatic heterocycles. The lowest BCUT2D eigenvalue weighted by atomic mass is 10.1. The van der Waals surface area contributed by atoms with Crippen molar-refractivity contribution in [2.24, 2.45) is 7.05 Å². The molecule has 1 heterocycles. The molecule has 0 aliphatic carbocycles. The number of thioether (sulfide) groups is 1. The molecule has 5 heteroatoms. The summed E-state index contributed by atoms with van der Waals surface area (Å²) in [4.78, 5) is 0. The number of aromatic nitrogens is 3. The molecular formula is C21H19N3OS. The van der Waals surface area contributed by atoms with Gasteiger partial charge in [-0.2, -0.15) is 0 Å². The van der Waals surface area contributed by atoms with Crippen molar-refractivity contribution in [3.8, 4) is 17.1 Å². The Balaban J connectivity index is 1.56. The Bertz CT molecular complexity index is 1040. The Hall–Kier alpha value is -2.79. The molecule has 0 fully saturated rings. The molecule has 0 spiro atoms. The molecule has 0 saturated heterocycles. The largest absolute Gasteiger partial charge is 0.497 e. The van der Waals surface area contributed by atoms with E-state index < -0.39 is 0 Å². The number of methoxy groups -OCH3 is 1. The van der Waals surface area contributed by atoms with Crippen molar-refractivity contribution in [1.82, 2.24) is 14.8 Å². The number of fused-ring (bicyclic) bond motifs is 1. The molecule has 130 valence electrons. The molecule has 3 aromatic carbocycles. The first-order valence-corrected chi connectivity index (χ1v) is 9.38. The molecular weight excluding hydrogens is 342 g/mol. The highest BCUT2D eigenvalue weighted by Gasteiger charge is 2.12. The molecule has 0 unspecified atom stereocenters. The fourth-order valence-corrected chi connectivity index (χ4v) is 3.91. The van der Waals surface area contributed by atoms with Crippen LogP contribution in [0.1, 0.15) is 5.56 Å². The molecule has 0 bridgehead atoms. The summed E-state index contributed by atoms with van der Waals surface area (Å²) in [6.07, 6.45) is 0. The first-order valence-electron chi connectivity index (χ1n) is 8.39. The van der Waals surface area contributed by atoms with Crippen LogP contribution >= 0.6 is 11.8 Å². The van der Waals surface area contributed by atoms with Gasteiger partial charge in [-0.15, -0.1) is 10.2 Å². The Morgan fingerprint density at radius 3 is 2.50 bits per heavy atom. The summed E-state index contributed by atoms with van der Waals surface area (Å²) in [5, 5.41) is 12.2. The SMILES string of the molecule is COc1ccc(-c2nnc(SCc3cccc4ccccc34)n2C)cc1. The smallest absolute Gasteiger partial charge is 0.191 e. The van der Waals surface area contributed by atoms with E-state index in [0.717, 1.165) is 28.0 Å². The molecule has 0 N–H and O–H groups in total. The first-order chi connectivity index (χ1) is 12.8. The Morgan fingerprint density at radius 2 is 1.69 bits per heavy atom. The third-order valence-electron chi connectivity index (χ3n) is 4.42. The van der Waals surface area contributed by atoms with E-state index in [9.17, 15) is 0 Å². The average Bonchev–Trinajstić information content (AvgIpc) is 3.07. The van der Waals surface area contributed by atoms with Gasteiger partial charge in [0, 0.05) is 18.4 Å². The van der Waals surface area contributed by atoms with Gasteiger partial charge in [0.2, 0.25) is 0 Å². The Kier molecular flexibility index (Phi) is 4.63. The van der Waals surface area contributed by atoms with Gasteiger partial charge in [-0.25, -0.2) is 0 Å². The highest BCUT2D eigenvalue weighted by Crippen LogP contribution is 2.28. The average molecular weight is 361 g/mol. The van der Waals surface area contributed by atoms with Gasteiger partial charge in [-0.1, -0.05) is 54.2 Å². The second-order valence-corrected chi connectivity index (χ2v) is 6.96. The summed E-state index contributed by atoms with van der Waals surface area (Å²) in [6.45, 7) is 0. The number of hydrogen-bond acceptors (Lipinski definition) is 4. The maximum absolute atomic E-state index is 5.22. The van der Waals surface area contributed by atoms with Gasteiger partial charge in [0.05, 0.1) is 7.11 Å². The first kappa shape index (κ1) is 16.7. The molecule has 26 heavy (non-hydrogen) atoms. The minimum atomic E-state index is 0.835. The van der Waals surface area contributed by atoms with Crippen molar-refractivity contribution >= 4 is 22.5 Å². The summed E-state index contributed by atoms with van der Waals surface area (Å²) < 4.78 is 7.26. The quantitative estimate of drug-likeness (QED) is 0.472. The number of nitrogens with zero attached hydrogens (tertiary/aromatic N) is 3. The van der Waals surface area contributed by atoms with Gasteiger partial charge in [0.1, 0.15) is 5.75 Å². The molecule has 0 atom stereocenters. The number of benzene rings is 3. The molecule has 4 rings (SSSR count). The molecule has 0 amide bonds. The van der Waals surface area contributed by atoms with Crippen molar-refractivity contribution in [2.45, 2.75) is 10.9 Å². The third kappa shape index (κ3) is 3.18. The Morgan fingerprint density at radius 1 is 0.923 bits per heavy atom. The number of rotatable bonds is 5. The van der Waals surface area contributed by atoms with Crippen molar-refractivity contribution in [1.29, 1.82) is 0 Å². The molecule has 0 aliphatic heterocycles. The van der Waals surface area contributed by atoms with Crippen molar-refractivity contribution in [2.75, 3.05) is 7.11 Å². The zero-order valence-corrected chi connectivity index (χ0v) is 15.5. The van der Waals surface area contributed by atoms with E-state index in [1.165, 1.54) is 16.3 Å². The van der Waals surface area contributed by atoms with Crippen LogP contribution in [0.5, 0.6) is 5.75 Å². The fraction of sp³-hybridized carbons (Fsp3) is 0.143. The second-order valence-electron chi connectivity index (χ2n) is 6.02. The lowest BCUT2D eigenvalue weighted by Gasteiger charge is -2.07. The van der Waals surface area contributed by atoms with Crippen molar-refractivity contribution in [3.63, 3.8) is 0 Å². The van der Waals surface area contributed by atoms with Crippen LogP contribution in [-0.4, -0.2) is 21.9 Å². The minimum absolute atomic E-state index is 0.835. The van der Waals surface area contributed by atoms with Crippen molar-refractivity contribution < 1.29 is 4.74 Å². The summed E-state index contributed by atoms with van der Waals surface area (Å²) >= 11 is 1.70. The van der Waals surface area contributed by atoms with Gasteiger partial charge in [-0.05, 0) is 40.6 Å². The topological polar surface area (TPSA) is 39.9 Å². The van der Waals surface area contributed by atoms with Gasteiger partial charge in [-0.3, -0.25) is 0 Å². The van der Waals surface area contributed by atoms with E-state index in [0.29, 0.717) is 0 Å². The minimum Gasteiger partial charge on any atom is -0.497 e. The zero-order valence-electron chi connectivity index (χ0n) is 14.7. The van der Waals surface area contributed by atoms with Crippen LogP contribution in [0.25, 0.3) is 22.2 Å². The molecule has 0 aliphatic rings. The van der Waals surface area contributed by atoms with Crippen molar-refractivity contribution in [3.05, 3.63) is 72.3 Å². The molecule has 0 radical (unpaired) electrons. The van der Waals surface area contributed by atoms with Gasteiger partial charge < -0.3 is 9.30 Å². The van der Waals surface area contributed by atoms with Crippen LogP contribution < -0.4 is 4.74 Å². The Labute approximate surface area is 156 Å². The maximum atomic E-state index is 5.22.